The van der Waals surface area contributed by atoms with E-state index in [4.69, 9.17) is 14.2 Å². The van der Waals surface area contributed by atoms with E-state index in [1.807, 2.05) is 72.8 Å². The molecule has 0 saturated carbocycles. The molecule has 0 aliphatic carbocycles. The van der Waals surface area contributed by atoms with Gasteiger partial charge >= 0.3 is 18.3 Å². The number of aliphatic imine (C=N–C) groups is 1. The van der Waals surface area contributed by atoms with Crippen molar-refractivity contribution in [1.29, 1.82) is 0 Å². The van der Waals surface area contributed by atoms with Crippen molar-refractivity contribution in [2.24, 2.45) is 4.99 Å². The molecule has 0 atom stereocenters. The molecule has 9 heteroatoms. The van der Waals surface area contributed by atoms with E-state index in [1.165, 1.54) is 0 Å². The topological polar surface area (TPSA) is 97.7 Å². The molecule has 0 saturated heterocycles. The Morgan fingerprint density at radius 2 is 0.953 bits per heavy atom. The summed E-state index contributed by atoms with van der Waals surface area (Å²) in [7, 11) is 0. The van der Waals surface area contributed by atoms with Gasteiger partial charge in [0.2, 0.25) is 5.96 Å². The summed E-state index contributed by atoms with van der Waals surface area (Å²) >= 11 is 0. The van der Waals surface area contributed by atoms with Crippen molar-refractivity contribution in [3.05, 3.63) is 83.9 Å². The van der Waals surface area contributed by atoms with E-state index in [0.717, 1.165) is 20.9 Å². The summed E-state index contributed by atoms with van der Waals surface area (Å²) in [6.07, 6.45) is 4.46. The molecule has 3 amide bonds. The average molecular weight is 592 g/mol. The third-order valence-electron chi connectivity index (χ3n) is 5.09. The van der Waals surface area contributed by atoms with E-state index in [0.29, 0.717) is 0 Å². The number of nitrogens with zero attached hydrogens (tertiary/aromatic N) is 3. The molecule has 0 aliphatic heterocycles. The van der Waals surface area contributed by atoms with Gasteiger partial charge in [0.1, 0.15) is 16.8 Å². The maximum atomic E-state index is 13.7. The normalized spacial score (nSPS) is 12.1. The lowest BCUT2D eigenvalue weighted by Gasteiger charge is -2.33. The van der Waals surface area contributed by atoms with Gasteiger partial charge in [-0.2, -0.15) is 0 Å². The third-order valence-corrected chi connectivity index (χ3v) is 5.09. The van der Waals surface area contributed by atoms with Crippen LogP contribution in [0.1, 0.15) is 73.4 Å². The quantitative estimate of drug-likeness (QED) is 0.191. The number of amides is 3. The van der Waals surface area contributed by atoms with Gasteiger partial charge in [0.05, 0.1) is 13.1 Å². The van der Waals surface area contributed by atoms with E-state index >= 15 is 0 Å². The Labute approximate surface area is 255 Å². The van der Waals surface area contributed by atoms with Gasteiger partial charge < -0.3 is 14.2 Å². The minimum absolute atomic E-state index is 0.0763. The van der Waals surface area contributed by atoms with Crippen LogP contribution in [0.15, 0.2) is 77.8 Å². The van der Waals surface area contributed by atoms with Gasteiger partial charge in [-0.05, 0) is 73.4 Å². The molecule has 232 valence electrons. The average Bonchev–Trinajstić information content (AvgIpc) is 2.86. The predicted octanol–water partition coefficient (Wildman–Crippen LogP) is 8.18. The van der Waals surface area contributed by atoms with Crippen molar-refractivity contribution in [3.63, 3.8) is 0 Å². The number of hydrogen-bond donors (Lipinski definition) is 0. The Kier molecular flexibility index (Phi) is 12.3. The monoisotopic (exact) mass is 591 g/mol. The molecule has 2 aromatic rings. The Hall–Kier alpha value is -4.40. The lowest BCUT2D eigenvalue weighted by molar-refractivity contribution is 0.0297. The summed E-state index contributed by atoms with van der Waals surface area (Å²) < 4.78 is 16.8. The highest BCUT2D eigenvalue weighted by Crippen LogP contribution is 2.18. The van der Waals surface area contributed by atoms with E-state index in [1.54, 1.807) is 74.5 Å². The highest BCUT2D eigenvalue weighted by Gasteiger charge is 2.34. The van der Waals surface area contributed by atoms with E-state index in [-0.39, 0.29) is 19.0 Å². The van der Waals surface area contributed by atoms with Crippen LogP contribution in [0.3, 0.4) is 0 Å². The number of carbonyl (C=O) groups excluding carboxylic acids is 3. The van der Waals surface area contributed by atoms with Gasteiger partial charge in [0.25, 0.3) is 0 Å². The second-order valence-corrected chi connectivity index (χ2v) is 12.7. The van der Waals surface area contributed by atoms with Crippen LogP contribution in [0.2, 0.25) is 0 Å². The standard InChI is InChI=1S/C34H45N3O6/c1-32(2,3)41-29(38)35-28(36(30(39)42-33(4,5)6)24-16-22-26-18-12-10-13-19-26)37(31(40)43-34(7,8)9)25-17-23-27-20-14-11-15-21-27/h10-23H,24-25H2,1-9H3/b22-16+,23-17+. The Balaban J connectivity index is 2.67. The van der Waals surface area contributed by atoms with E-state index < -0.39 is 35.1 Å². The largest absolute Gasteiger partial charge is 0.443 e. The number of carbonyl (C=O) groups is 3. The summed E-state index contributed by atoms with van der Waals surface area (Å²) in [5.41, 5.74) is -0.836. The maximum absolute atomic E-state index is 13.7. The summed E-state index contributed by atoms with van der Waals surface area (Å²) in [6, 6.07) is 19.0. The fourth-order valence-electron chi connectivity index (χ4n) is 3.46. The molecule has 0 fully saturated rings. The molecule has 2 rings (SSSR count). The summed E-state index contributed by atoms with van der Waals surface area (Å²) in [5, 5.41) is 0. The number of guanidine groups is 1. The zero-order valence-electron chi connectivity index (χ0n) is 26.8. The van der Waals surface area contributed by atoms with Gasteiger partial charge in [0, 0.05) is 0 Å². The predicted molar refractivity (Wildman–Crippen MR) is 171 cm³/mol. The fraction of sp³-hybridized carbons (Fsp3) is 0.412. The number of ether oxygens (including phenoxy) is 3. The molecular formula is C34H45N3O6. The van der Waals surface area contributed by atoms with Gasteiger partial charge in [-0.3, -0.25) is 0 Å². The van der Waals surface area contributed by atoms with Crippen LogP contribution in [0.5, 0.6) is 0 Å². The molecule has 0 radical (unpaired) electrons. The lowest BCUT2D eigenvalue weighted by atomic mass is 10.2. The zero-order valence-corrected chi connectivity index (χ0v) is 26.8. The molecule has 0 spiro atoms. The minimum atomic E-state index is -0.983. The molecule has 43 heavy (non-hydrogen) atoms. The van der Waals surface area contributed by atoms with Crippen LogP contribution in [0.4, 0.5) is 14.4 Å². The van der Waals surface area contributed by atoms with Crippen molar-refractivity contribution in [3.8, 4) is 0 Å². The van der Waals surface area contributed by atoms with Gasteiger partial charge in [-0.25, -0.2) is 24.2 Å². The number of benzene rings is 2. The first kappa shape index (κ1) is 34.8. The second kappa shape index (κ2) is 15.2. The molecular weight excluding hydrogens is 546 g/mol. The van der Waals surface area contributed by atoms with Crippen LogP contribution < -0.4 is 0 Å². The molecule has 0 bridgehead atoms. The van der Waals surface area contributed by atoms with E-state index in [2.05, 4.69) is 4.99 Å². The van der Waals surface area contributed by atoms with Crippen molar-refractivity contribution < 1.29 is 28.6 Å². The summed E-state index contributed by atoms with van der Waals surface area (Å²) in [6.45, 7) is 15.3. The number of hydrogen-bond acceptors (Lipinski definition) is 6. The van der Waals surface area contributed by atoms with E-state index in [9.17, 15) is 14.4 Å². The van der Waals surface area contributed by atoms with Crippen LogP contribution in [0, 0.1) is 0 Å². The van der Waals surface area contributed by atoms with Crippen LogP contribution in [0.25, 0.3) is 12.2 Å². The highest BCUT2D eigenvalue weighted by molar-refractivity contribution is 6.05. The fourth-order valence-corrected chi connectivity index (χ4v) is 3.46. The molecule has 0 N–H and O–H groups in total. The van der Waals surface area contributed by atoms with Crippen LogP contribution in [-0.4, -0.2) is 63.9 Å². The molecule has 9 nitrogen and oxygen atoms in total. The van der Waals surface area contributed by atoms with Crippen molar-refractivity contribution >= 4 is 36.4 Å². The van der Waals surface area contributed by atoms with Crippen molar-refractivity contribution in [2.45, 2.75) is 79.1 Å². The van der Waals surface area contributed by atoms with Crippen LogP contribution >= 0.6 is 0 Å². The second-order valence-electron chi connectivity index (χ2n) is 12.7. The molecule has 2 aromatic carbocycles. The Bertz CT molecular complexity index is 1210. The van der Waals surface area contributed by atoms with Crippen molar-refractivity contribution in [2.75, 3.05) is 13.1 Å². The maximum Gasteiger partial charge on any atom is 0.437 e. The molecule has 0 heterocycles. The van der Waals surface area contributed by atoms with Crippen molar-refractivity contribution in [1.82, 2.24) is 9.80 Å². The smallest absolute Gasteiger partial charge is 0.437 e. The number of rotatable bonds is 6. The lowest BCUT2D eigenvalue weighted by Crippen LogP contribution is -2.52. The first-order valence-corrected chi connectivity index (χ1v) is 14.2. The van der Waals surface area contributed by atoms with Gasteiger partial charge in [-0.1, -0.05) is 85.0 Å². The third kappa shape index (κ3) is 13.9. The minimum Gasteiger partial charge on any atom is -0.443 e. The Morgan fingerprint density at radius 1 is 0.605 bits per heavy atom. The molecule has 0 unspecified atom stereocenters. The first-order chi connectivity index (χ1) is 19.9. The molecule has 0 aliphatic rings. The Morgan fingerprint density at radius 3 is 1.28 bits per heavy atom. The molecule has 0 aromatic heterocycles. The summed E-state index contributed by atoms with van der Waals surface area (Å²) in [4.78, 5) is 46.8. The first-order valence-electron chi connectivity index (χ1n) is 14.2. The highest BCUT2D eigenvalue weighted by atomic mass is 16.6. The van der Waals surface area contributed by atoms with Crippen LogP contribution in [-0.2, 0) is 14.2 Å². The zero-order chi connectivity index (χ0) is 32.3. The van der Waals surface area contributed by atoms with Gasteiger partial charge in [0.15, 0.2) is 0 Å². The summed E-state index contributed by atoms with van der Waals surface area (Å²) in [5.74, 6) is -0.298. The van der Waals surface area contributed by atoms with Gasteiger partial charge in [-0.15, -0.1) is 4.99 Å². The SMILES string of the molecule is CC(C)(C)OC(=O)N=C(N(C/C=C/c1ccccc1)C(=O)OC(C)(C)C)N(C/C=C/c1ccccc1)C(=O)OC(C)(C)C.